The van der Waals surface area contributed by atoms with Crippen LogP contribution >= 0.6 is 0 Å². The van der Waals surface area contributed by atoms with Crippen LogP contribution in [0.5, 0.6) is 5.75 Å². The summed E-state index contributed by atoms with van der Waals surface area (Å²) in [7, 11) is 5.51. The number of nitrogens with one attached hydrogen (secondary N) is 1. The first-order valence-electron chi connectivity index (χ1n) is 8.01. The van der Waals surface area contributed by atoms with Gasteiger partial charge in [-0.2, -0.15) is 0 Å². The molecule has 0 heterocycles. The molecule has 1 saturated carbocycles. The van der Waals surface area contributed by atoms with Crippen LogP contribution in [0.3, 0.4) is 0 Å². The number of carbonyl (C=O) groups excluding carboxylic acids is 1. The van der Waals surface area contributed by atoms with E-state index in [2.05, 4.69) is 5.32 Å². The molecule has 1 aromatic carbocycles. The Kier molecular flexibility index (Phi) is 5.18. The van der Waals surface area contributed by atoms with Crippen molar-refractivity contribution in [3.05, 3.63) is 29.8 Å². The Hall–Kier alpha value is -2.08. The Morgan fingerprint density at radius 2 is 1.83 bits per heavy atom. The molecule has 0 bridgehead atoms. The highest BCUT2D eigenvalue weighted by Gasteiger charge is 2.65. The first-order chi connectivity index (χ1) is 11.2. The van der Waals surface area contributed by atoms with Gasteiger partial charge < -0.3 is 20.1 Å². The first kappa shape index (κ1) is 18.3. The number of carboxylic acid groups (broad SMARTS) is 1. The molecule has 6 heteroatoms. The third-order valence-corrected chi connectivity index (χ3v) is 4.97. The molecule has 0 aromatic heterocycles. The number of benzene rings is 1. The van der Waals surface area contributed by atoms with E-state index >= 15 is 0 Å². The lowest BCUT2D eigenvalue weighted by Gasteiger charge is -2.25. The van der Waals surface area contributed by atoms with E-state index in [9.17, 15) is 14.7 Å². The number of methoxy groups -OCH3 is 1. The van der Waals surface area contributed by atoms with E-state index in [1.54, 1.807) is 7.11 Å². The Balaban J connectivity index is 2.02. The molecule has 6 nitrogen and oxygen atoms in total. The van der Waals surface area contributed by atoms with Crippen LogP contribution in [0.4, 0.5) is 0 Å². The normalized spacial score (nSPS) is 22.8. The minimum Gasteiger partial charge on any atom is -0.497 e. The number of ether oxygens (including phenoxy) is 1. The fourth-order valence-electron chi connectivity index (χ4n) is 3.32. The summed E-state index contributed by atoms with van der Waals surface area (Å²) in [5.41, 5.74) is 0.579. The molecule has 1 fully saturated rings. The molecular weight excluding hydrogens is 308 g/mol. The molecule has 1 aromatic rings. The van der Waals surface area contributed by atoms with E-state index in [0.29, 0.717) is 6.54 Å². The van der Waals surface area contributed by atoms with E-state index in [4.69, 9.17) is 4.74 Å². The summed E-state index contributed by atoms with van der Waals surface area (Å²) in [6.07, 6.45) is 0. The van der Waals surface area contributed by atoms with Crippen LogP contribution in [-0.2, 0) is 9.59 Å². The predicted octanol–water partition coefficient (Wildman–Crippen LogP) is 1.77. The van der Waals surface area contributed by atoms with Crippen molar-refractivity contribution in [1.29, 1.82) is 0 Å². The van der Waals surface area contributed by atoms with Crippen molar-refractivity contribution in [3.63, 3.8) is 0 Å². The van der Waals surface area contributed by atoms with Crippen molar-refractivity contribution in [1.82, 2.24) is 10.2 Å². The van der Waals surface area contributed by atoms with E-state index in [-0.39, 0.29) is 11.9 Å². The summed E-state index contributed by atoms with van der Waals surface area (Å²) in [4.78, 5) is 25.6. The van der Waals surface area contributed by atoms with Crippen LogP contribution in [0.15, 0.2) is 24.3 Å². The first-order valence-corrected chi connectivity index (χ1v) is 8.01. The third kappa shape index (κ3) is 3.53. The summed E-state index contributed by atoms with van der Waals surface area (Å²) in [6.45, 7) is 4.07. The molecule has 1 aliphatic rings. The van der Waals surface area contributed by atoms with Crippen LogP contribution in [0.2, 0.25) is 0 Å². The van der Waals surface area contributed by atoms with Crippen LogP contribution < -0.4 is 10.1 Å². The highest BCUT2D eigenvalue weighted by molar-refractivity contribution is 5.91. The number of rotatable bonds is 7. The van der Waals surface area contributed by atoms with Gasteiger partial charge >= 0.3 is 5.97 Å². The van der Waals surface area contributed by atoms with E-state index in [0.717, 1.165) is 11.3 Å². The van der Waals surface area contributed by atoms with Crippen LogP contribution in [0, 0.1) is 17.3 Å². The van der Waals surface area contributed by atoms with Crippen LogP contribution in [0.25, 0.3) is 0 Å². The number of carbonyl (C=O) groups is 2. The van der Waals surface area contributed by atoms with Gasteiger partial charge in [0.25, 0.3) is 0 Å². The van der Waals surface area contributed by atoms with Gasteiger partial charge in [-0.05, 0) is 37.2 Å². The quantitative estimate of drug-likeness (QED) is 0.794. The number of hydrogen-bond donors (Lipinski definition) is 2. The van der Waals surface area contributed by atoms with E-state index in [1.807, 2.05) is 57.1 Å². The maximum Gasteiger partial charge on any atom is 0.307 e. The topological polar surface area (TPSA) is 78.9 Å². The zero-order chi connectivity index (χ0) is 18.1. The van der Waals surface area contributed by atoms with Gasteiger partial charge in [0.1, 0.15) is 5.75 Å². The second-order valence-electron chi connectivity index (χ2n) is 7.11. The number of amides is 1. The average Bonchev–Trinajstić information content (AvgIpc) is 3.10. The zero-order valence-electron chi connectivity index (χ0n) is 14.9. The van der Waals surface area contributed by atoms with E-state index in [1.165, 1.54) is 0 Å². The molecule has 24 heavy (non-hydrogen) atoms. The second-order valence-corrected chi connectivity index (χ2v) is 7.11. The van der Waals surface area contributed by atoms with Gasteiger partial charge in [0.05, 0.1) is 25.0 Å². The fourth-order valence-corrected chi connectivity index (χ4v) is 3.32. The van der Waals surface area contributed by atoms with Gasteiger partial charge in [-0.3, -0.25) is 9.59 Å². The number of aliphatic carboxylic acids is 1. The molecule has 0 spiro atoms. The number of likely N-dealkylation sites (N-methyl/N-ethyl adjacent to an activating group) is 1. The molecule has 0 unspecified atom stereocenters. The molecule has 1 aliphatic carbocycles. The summed E-state index contributed by atoms with van der Waals surface area (Å²) >= 11 is 0. The Morgan fingerprint density at radius 1 is 1.25 bits per heavy atom. The minimum absolute atomic E-state index is 0.00463. The van der Waals surface area contributed by atoms with Gasteiger partial charge in [0.15, 0.2) is 0 Å². The lowest BCUT2D eigenvalue weighted by atomic mass is 10.1. The van der Waals surface area contributed by atoms with E-state index < -0.39 is 23.2 Å². The van der Waals surface area contributed by atoms with Gasteiger partial charge in [0.2, 0.25) is 5.91 Å². The summed E-state index contributed by atoms with van der Waals surface area (Å²) in [6, 6.07) is 7.72. The highest BCUT2D eigenvalue weighted by atomic mass is 16.5. The van der Waals surface area contributed by atoms with Crippen molar-refractivity contribution in [2.75, 3.05) is 27.7 Å². The van der Waals surface area contributed by atoms with Gasteiger partial charge in [0, 0.05) is 6.54 Å². The molecular formula is C18H26N2O4. The largest absolute Gasteiger partial charge is 0.497 e. The SMILES string of the molecule is COc1ccc([C@H](CNC(=O)[C@@H]2[C@H](C(=O)O)C2(C)C)N(C)C)cc1. The van der Waals surface area contributed by atoms with Crippen molar-refractivity contribution in [3.8, 4) is 5.75 Å². The molecule has 2 N–H and O–H groups in total. The minimum atomic E-state index is -0.903. The van der Waals surface area contributed by atoms with Gasteiger partial charge in [-0.25, -0.2) is 0 Å². The Bertz CT molecular complexity index is 610. The molecule has 0 saturated heterocycles. The Labute approximate surface area is 142 Å². The predicted molar refractivity (Wildman–Crippen MR) is 90.8 cm³/mol. The zero-order valence-corrected chi connectivity index (χ0v) is 14.9. The summed E-state index contributed by atoms with van der Waals surface area (Å²) < 4.78 is 5.17. The average molecular weight is 334 g/mol. The fraction of sp³-hybridized carbons (Fsp3) is 0.556. The maximum atomic E-state index is 12.4. The van der Waals surface area contributed by atoms with Crippen molar-refractivity contribution in [2.45, 2.75) is 19.9 Å². The molecule has 132 valence electrons. The lowest BCUT2D eigenvalue weighted by molar-refractivity contribution is -0.140. The molecule has 0 aliphatic heterocycles. The summed E-state index contributed by atoms with van der Waals surface area (Å²) in [5.74, 6) is -1.37. The standard InChI is InChI=1S/C18H26N2O4/c1-18(2)14(15(18)17(22)23)16(21)19-10-13(20(3)4)11-6-8-12(24-5)9-7-11/h6-9,13-15H,10H2,1-5H3,(H,19,21)(H,22,23)/t13-,14-,15+/m0/s1. The monoisotopic (exact) mass is 334 g/mol. The smallest absolute Gasteiger partial charge is 0.307 e. The third-order valence-electron chi connectivity index (χ3n) is 4.97. The second kappa shape index (κ2) is 6.81. The van der Waals surface area contributed by atoms with Gasteiger partial charge in [-0.15, -0.1) is 0 Å². The van der Waals surface area contributed by atoms with Crippen LogP contribution in [-0.4, -0.2) is 49.6 Å². The van der Waals surface area contributed by atoms with Crippen molar-refractivity contribution < 1.29 is 19.4 Å². The molecule has 0 radical (unpaired) electrons. The molecule has 2 rings (SSSR count). The highest BCUT2D eigenvalue weighted by Crippen LogP contribution is 2.58. The molecule has 3 atom stereocenters. The lowest BCUT2D eigenvalue weighted by Crippen LogP contribution is -2.36. The number of nitrogens with zero attached hydrogens (tertiary/aromatic N) is 1. The number of carboxylic acids is 1. The van der Waals surface area contributed by atoms with Crippen LogP contribution in [0.1, 0.15) is 25.5 Å². The Morgan fingerprint density at radius 3 is 2.25 bits per heavy atom. The number of hydrogen-bond acceptors (Lipinski definition) is 4. The maximum absolute atomic E-state index is 12.4. The van der Waals surface area contributed by atoms with Gasteiger partial charge in [-0.1, -0.05) is 26.0 Å². The van der Waals surface area contributed by atoms with Crippen molar-refractivity contribution in [2.24, 2.45) is 17.3 Å². The summed E-state index contributed by atoms with van der Waals surface area (Å²) in [5, 5.41) is 12.1. The molecule has 1 amide bonds. The van der Waals surface area contributed by atoms with Crippen molar-refractivity contribution >= 4 is 11.9 Å².